The summed E-state index contributed by atoms with van der Waals surface area (Å²) in [5.74, 6) is 1.88. The van der Waals surface area contributed by atoms with Gasteiger partial charge in [0, 0.05) is 24.2 Å². The van der Waals surface area contributed by atoms with Crippen molar-refractivity contribution in [1.82, 2.24) is 9.88 Å². The van der Waals surface area contributed by atoms with Gasteiger partial charge >= 0.3 is 0 Å². The predicted molar refractivity (Wildman–Crippen MR) is 78.3 cm³/mol. The van der Waals surface area contributed by atoms with Crippen molar-refractivity contribution < 1.29 is 0 Å². The lowest BCUT2D eigenvalue weighted by atomic mass is 9.84. The van der Waals surface area contributed by atoms with Crippen molar-refractivity contribution in [2.45, 2.75) is 18.9 Å². The van der Waals surface area contributed by atoms with Crippen LogP contribution in [0, 0.1) is 5.92 Å². The SMILES string of the molecule is c1ccc2c(NC3CN4CCC3CC4)nccc2c1. The molecule has 1 N–H and O–H groups in total. The molecule has 3 heteroatoms. The van der Waals surface area contributed by atoms with Crippen molar-refractivity contribution in [3.63, 3.8) is 0 Å². The van der Waals surface area contributed by atoms with Crippen LogP contribution in [0.25, 0.3) is 10.8 Å². The molecule has 5 rings (SSSR count). The average molecular weight is 253 g/mol. The molecular weight excluding hydrogens is 234 g/mol. The zero-order chi connectivity index (χ0) is 12.7. The lowest BCUT2D eigenvalue weighted by Gasteiger charge is -2.45. The topological polar surface area (TPSA) is 28.2 Å². The van der Waals surface area contributed by atoms with Crippen LogP contribution in [0.4, 0.5) is 5.82 Å². The third kappa shape index (κ3) is 1.98. The monoisotopic (exact) mass is 253 g/mol. The Morgan fingerprint density at radius 3 is 2.74 bits per heavy atom. The van der Waals surface area contributed by atoms with E-state index in [0.717, 1.165) is 11.7 Å². The molecule has 2 aromatic rings. The third-order valence-corrected chi connectivity index (χ3v) is 4.65. The summed E-state index contributed by atoms with van der Waals surface area (Å²) < 4.78 is 0. The van der Waals surface area contributed by atoms with E-state index in [1.54, 1.807) is 0 Å². The number of benzene rings is 1. The van der Waals surface area contributed by atoms with E-state index in [-0.39, 0.29) is 0 Å². The highest BCUT2D eigenvalue weighted by Crippen LogP contribution is 2.31. The van der Waals surface area contributed by atoms with Gasteiger partial charge in [-0.2, -0.15) is 0 Å². The number of hydrogen-bond donors (Lipinski definition) is 1. The lowest BCUT2D eigenvalue weighted by Crippen LogP contribution is -2.53. The Bertz CT molecular complexity index is 582. The van der Waals surface area contributed by atoms with Crippen molar-refractivity contribution in [3.05, 3.63) is 36.5 Å². The average Bonchev–Trinajstić information content (AvgIpc) is 2.49. The van der Waals surface area contributed by atoms with Crippen LogP contribution in [0.15, 0.2) is 36.5 Å². The van der Waals surface area contributed by atoms with Gasteiger partial charge in [0.05, 0.1) is 0 Å². The number of nitrogens with one attached hydrogen (secondary N) is 1. The molecule has 3 nitrogen and oxygen atoms in total. The molecule has 1 aromatic heterocycles. The summed E-state index contributed by atoms with van der Waals surface area (Å²) in [7, 11) is 0. The number of aromatic nitrogens is 1. The molecule has 19 heavy (non-hydrogen) atoms. The van der Waals surface area contributed by atoms with Crippen LogP contribution in [-0.4, -0.2) is 35.6 Å². The Labute approximate surface area is 113 Å². The molecule has 0 aliphatic carbocycles. The van der Waals surface area contributed by atoms with Crippen molar-refractivity contribution in [2.75, 3.05) is 25.0 Å². The van der Waals surface area contributed by atoms with Gasteiger partial charge in [-0.25, -0.2) is 4.98 Å². The second-order valence-electron chi connectivity index (χ2n) is 5.77. The van der Waals surface area contributed by atoms with Gasteiger partial charge < -0.3 is 10.2 Å². The minimum Gasteiger partial charge on any atom is -0.365 e. The maximum atomic E-state index is 4.55. The molecule has 0 saturated carbocycles. The fourth-order valence-corrected chi connectivity index (χ4v) is 3.54. The second-order valence-corrected chi connectivity index (χ2v) is 5.77. The molecule has 98 valence electrons. The van der Waals surface area contributed by atoms with Crippen LogP contribution in [0.3, 0.4) is 0 Å². The van der Waals surface area contributed by atoms with Crippen LogP contribution in [-0.2, 0) is 0 Å². The van der Waals surface area contributed by atoms with Gasteiger partial charge in [-0.1, -0.05) is 24.3 Å². The van der Waals surface area contributed by atoms with E-state index in [0.29, 0.717) is 6.04 Å². The first kappa shape index (κ1) is 11.2. The van der Waals surface area contributed by atoms with Gasteiger partial charge in [-0.15, -0.1) is 0 Å². The fourth-order valence-electron chi connectivity index (χ4n) is 3.54. The van der Waals surface area contributed by atoms with Crippen LogP contribution in [0.2, 0.25) is 0 Å². The number of anilines is 1. The van der Waals surface area contributed by atoms with E-state index < -0.39 is 0 Å². The molecular formula is C16H19N3. The summed E-state index contributed by atoms with van der Waals surface area (Å²) in [5.41, 5.74) is 0. The Morgan fingerprint density at radius 2 is 1.95 bits per heavy atom. The summed E-state index contributed by atoms with van der Waals surface area (Å²) in [6.45, 7) is 3.74. The molecule has 2 bridgehead atoms. The minimum absolute atomic E-state index is 0.570. The molecule has 0 amide bonds. The molecule has 3 saturated heterocycles. The number of fused-ring (bicyclic) bond motifs is 4. The van der Waals surface area contributed by atoms with E-state index in [2.05, 4.69) is 45.5 Å². The normalized spacial score (nSPS) is 29.6. The van der Waals surface area contributed by atoms with Gasteiger partial charge in [0.15, 0.2) is 0 Å². The predicted octanol–water partition coefficient (Wildman–Crippen LogP) is 2.74. The van der Waals surface area contributed by atoms with Crippen LogP contribution >= 0.6 is 0 Å². The van der Waals surface area contributed by atoms with E-state index in [4.69, 9.17) is 0 Å². The van der Waals surface area contributed by atoms with Crippen molar-refractivity contribution in [2.24, 2.45) is 5.92 Å². The van der Waals surface area contributed by atoms with E-state index in [1.165, 1.54) is 43.2 Å². The minimum atomic E-state index is 0.570. The summed E-state index contributed by atoms with van der Waals surface area (Å²) in [4.78, 5) is 7.13. The first-order chi connectivity index (χ1) is 9.40. The lowest BCUT2D eigenvalue weighted by molar-refractivity contribution is 0.0974. The maximum Gasteiger partial charge on any atom is 0.134 e. The first-order valence-electron chi connectivity index (χ1n) is 7.23. The smallest absolute Gasteiger partial charge is 0.134 e. The van der Waals surface area contributed by atoms with Crippen molar-refractivity contribution in [3.8, 4) is 0 Å². The third-order valence-electron chi connectivity index (χ3n) is 4.65. The Morgan fingerprint density at radius 1 is 1.11 bits per heavy atom. The number of hydrogen-bond acceptors (Lipinski definition) is 3. The number of nitrogens with zero attached hydrogens (tertiary/aromatic N) is 2. The van der Waals surface area contributed by atoms with Gasteiger partial charge in [0.2, 0.25) is 0 Å². The highest BCUT2D eigenvalue weighted by Gasteiger charge is 2.34. The van der Waals surface area contributed by atoms with Crippen molar-refractivity contribution >= 4 is 16.6 Å². The molecule has 1 atom stereocenters. The summed E-state index contributed by atoms with van der Waals surface area (Å²) >= 11 is 0. The molecule has 1 aromatic carbocycles. The van der Waals surface area contributed by atoms with Gasteiger partial charge in [-0.05, 0) is 43.3 Å². The summed E-state index contributed by atoms with van der Waals surface area (Å²) in [6, 6.07) is 11.1. The standard InChI is InChI=1S/C16H19N3/c1-2-4-14-12(3-1)5-8-17-16(14)18-15-11-19-9-6-13(15)7-10-19/h1-5,8,13,15H,6-7,9-11H2,(H,17,18). The Balaban J connectivity index is 1.65. The zero-order valence-electron chi connectivity index (χ0n) is 11.0. The molecule has 0 radical (unpaired) electrons. The Hall–Kier alpha value is -1.61. The molecule has 4 heterocycles. The molecule has 3 fully saturated rings. The summed E-state index contributed by atoms with van der Waals surface area (Å²) in [5, 5.41) is 6.21. The quantitative estimate of drug-likeness (QED) is 0.892. The van der Waals surface area contributed by atoms with Crippen LogP contribution in [0.5, 0.6) is 0 Å². The molecule has 1 unspecified atom stereocenters. The van der Waals surface area contributed by atoms with Gasteiger partial charge in [0.25, 0.3) is 0 Å². The molecule has 3 aliphatic rings. The highest BCUT2D eigenvalue weighted by atomic mass is 15.2. The number of pyridine rings is 1. The second kappa shape index (κ2) is 4.49. The maximum absolute atomic E-state index is 4.55. The summed E-state index contributed by atoms with van der Waals surface area (Å²) in [6.07, 6.45) is 4.58. The molecule has 3 aliphatic heterocycles. The van der Waals surface area contributed by atoms with Crippen LogP contribution in [0.1, 0.15) is 12.8 Å². The highest BCUT2D eigenvalue weighted by molar-refractivity contribution is 5.91. The Kier molecular flexibility index (Phi) is 2.66. The van der Waals surface area contributed by atoms with Gasteiger partial charge in [0.1, 0.15) is 5.82 Å². The largest absolute Gasteiger partial charge is 0.365 e. The number of piperidine rings is 3. The van der Waals surface area contributed by atoms with E-state index in [1.807, 2.05) is 6.20 Å². The number of rotatable bonds is 2. The fraction of sp³-hybridized carbons (Fsp3) is 0.438. The van der Waals surface area contributed by atoms with Crippen molar-refractivity contribution in [1.29, 1.82) is 0 Å². The van der Waals surface area contributed by atoms with E-state index >= 15 is 0 Å². The van der Waals surface area contributed by atoms with Crippen LogP contribution < -0.4 is 5.32 Å². The first-order valence-corrected chi connectivity index (χ1v) is 7.23. The van der Waals surface area contributed by atoms with Gasteiger partial charge in [-0.3, -0.25) is 0 Å². The zero-order valence-corrected chi connectivity index (χ0v) is 11.0. The van der Waals surface area contributed by atoms with E-state index in [9.17, 15) is 0 Å². The molecule has 0 spiro atoms.